The highest BCUT2D eigenvalue weighted by Gasteiger charge is 2.44. The first-order valence-corrected chi connectivity index (χ1v) is 7.33. The quantitative estimate of drug-likeness (QED) is 0.902. The third kappa shape index (κ3) is 2.28. The number of piperazine rings is 1. The number of hydrogen-bond donors (Lipinski definition) is 1. The third-order valence-corrected chi connectivity index (χ3v) is 4.79. The minimum atomic E-state index is -0.189. The van der Waals surface area contributed by atoms with Crippen LogP contribution in [0.15, 0.2) is 22.7 Å². The van der Waals surface area contributed by atoms with E-state index in [4.69, 9.17) is 0 Å². The molecule has 0 amide bonds. The summed E-state index contributed by atoms with van der Waals surface area (Å²) in [7, 11) is 0. The van der Waals surface area contributed by atoms with Crippen molar-refractivity contribution in [3.63, 3.8) is 0 Å². The molecule has 2 fully saturated rings. The molecule has 1 saturated carbocycles. The molecule has 18 heavy (non-hydrogen) atoms. The van der Waals surface area contributed by atoms with Crippen molar-refractivity contribution in [2.24, 2.45) is 5.92 Å². The van der Waals surface area contributed by atoms with Crippen molar-refractivity contribution < 1.29 is 4.39 Å². The molecule has 1 unspecified atom stereocenters. The lowest BCUT2D eigenvalue weighted by Crippen LogP contribution is -2.60. The standard InChI is InChI=1S/C14H18BrFN2/c1-14(10-2-3-10)9-18(7-6-17-14)13-5-4-11(16)8-12(13)15/h4-5,8,10,17H,2-3,6-7,9H2,1H3. The van der Waals surface area contributed by atoms with E-state index in [2.05, 4.69) is 33.1 Å². The second-order valence-electron chi connectivity index (χ2n) is 5.64. The van der Waals surface area contributed by atoms with Gasteiger partial charge >= 0.3 is 0 Å². The molecule has 1 aliphatic heterocycles. The van der Waals surface area contributed by atoms with Crippen molar-refractivity contribution in [3.05, 3.63) is 28.5 Å². The maximum Gasteiger partial charge on any atom is 0.124 e. The molecule has 0 aromatic heterocycles. The highest BCUT2D eigenvalue weighted by Crippen LogP contribution is 2.42. The molecule has 2 aliphatic rings. The minimum absolute atomic E-state index is 0.189. The maximum atomic E-state index is 13.1. The summed E-state index contributed by atoms with van der Waals surface area (Å²) in [5.74, 6) is 0.616. The van der Waals surface area contributed by atoms with Crippen molar-refractivity contribution in [1.82, 2.24) is 5.32 Å². The second-order valence-corrected chi connectivity index (χ2v) is 6.49. The molecular weight excluding hydrogens is 295 g/mol. The Bertz CT molecular complexity index is 461. The van der Waals surface area contributed by atoms with Gasteiger partial charge in [0.2, 0.25) is 0 Å². The summed E-state index contributed by atoms with van der Waals surface area (Å²) in [4.78, 5) is 2.36. The van der Waals surface area contributed by atoms with E-state index in [1.807, 2.05) is 6.07 Å². The molecule has 4 heteroatoms. The lowest BCUT2D eigenvalue weighted by Gasteiger charge is -2.43. The van der Waals surface area contributed by atoms with Crippen molar-refractivity contribution in [2.45, 2.75) is 25.3 Å². The summed E-state index contributed by atoms with van der Waals surface area (Å²) in [6.07, 6.45) is 2.67. The number of rotatable bonds is 2. The zero-order chi connectivity index (χ0) is 12.8. The van der Waals surface area contributed by atoms with Gasteiger partial charge in [-0.25, -0.2) is 4.39 Å². The van der Waals surface area contributed by atoms with Crippen LogP contribution in [0.2, 0.25) is 0 Å². The SMILES string of the molecule is CC1(C2CC2)CN(c2ccc(F)cc2Br)CCN1. The predicted molar refractivity (Wildman–Crippen MR) is 75.4 cm³/mol. The summed E-state index contributed by atoms with van der Waals surface area (Å²) in [6.45, 7) is 5.29. The molecule has 1 aliphatic carbocycles. The van der Waals surface area contributed by atoms with Crippen LogP contribution in [0, 0.1) is 11.7 Å². The number of halogens is 2. The van der Waals surface area contributed by atoms with E-state index >= 15 is 0 Å². The van der Waals surface area contributed by atoms with Crippen LogP contribution in [-0.2, 0) is 0 Å². The lowest BCUT2D eigenvalue weighted by atomic mass is 9.92. The number of hydrogen-bond acceptors (Lipinski definition) is 2. The first-order chi connectivity index (χ1) is 8.58. The Morgan fingerprint density at radius 3 is 2.89 bits per heavy atom. The fourth-order valence-corrected chi connectivity index (χ4v) is 3.55. The average Bonchev–Trinajstić information content (AvgIpc) is 3.12. The van der Waals surface area contributed by atoms with Crippen LogP contribution in [0.25, 0.3) is 0 Å². The Kier molecular flexibility index (Phi) is 3.10. The molecule has 0 spiro atoms. The Balaban J connectivity index is 1.83. The minimum Gasteiger partial charge on any atom is -0.367 e. The molecule has 1 aromatic rings. The molecule has 98 valence electrons. The van der Waals surface area contributed by atoms with Gasteiger partial charge < -0.3 is 10.2 Å². The fourth-order valence-electron chi connectivity index (χ4n) is 2.95. The summed E-state index contributed by atoms with van der Waals surface area (Å²) in [5.41, 5.74) is 1.32. The predicted octanol–water partition coefficient (Wildman–Crippen LogP) is 3.17. The second kappa shape index (κ2) is 4.49. The van der Waals surface area contributed by atoms with Gasteiger partial charge in [0.15, 0.2) is 0 Å². The van der Waals surface area contributed by atoms with E-state index in [-0.39, 0.29) is 11.4 Å². The van der Waals surface area contributed by atoms with Crippen molar-refractivity contribution in [1.29, 1.82) is 0 Å². The fraction of sp³-hybridized carbons (Fsp3) is 0.571. The van der Waals surface area contributed by atoms with Gasteiger partial charge in [-0.15, -0.1) is 0 Å². The van der Waals surface area contributed by atoms with Gasteiger partial charge in [-0.3, -0.25) is 0 Å². The first-order valence-electron chi connectivity index (χ1n) is 6.53. The van der Waals surface area contributed by atoms with Gasteiger partial charge in [-0.2, -0.15) is 0 Å². The number of anilines is 1. The van der Waals surface area contributed by atoms with Gasteiger partial charge in [0, 0.05) is 29.6 Å². The van der Waals surface area contributed by atoms with Crippen molar-refractivity contribution in [2.75, 3.05) is 24.5 Å². The average molecular weight is 313 g/mol. The molecule has 0 radical (unpaired) electrons. The molecule has 1 heterocycles. The molecule has 1 saturated heterocycles. The Labute approximate surface area is 116 Å². The lowest BCUT2D eigenvalue weighted by molar-refractivity contribution is 0.285. The van der Waals surface area contributed by atoms with Gasteiger partial charge in [-0.05, 0) is 59.8 Å². The van der Waals surface area contributed by atoms with Gasteiger partial charge in [-0.1, -0.05) is 0 Å². The van der Waals surface area contributed by atoms with Gasteiger partial charge in [0.25, 0.3) is 0 Å². The molecule has 1 atom stereocenters. The number of nitrogens with one attached hydrogen (secondary N) is 1. The highest BCUT2D eigenvalue weighted by atomic mass is 79.9. The topological polar surface area (TPSA) is 15.3 Å². The highest BCUT2D eigenvalue weighted by molar-refractivity contribution is 9.10. The molecule has 2 nitrogen and oxygen atoms in total. The van der Waals surface area contributed by atoms with E-state index in [0.717, 1.165) is 35.7 Å². The third-order valence-electron chi connectivity index (χ3n) is 4.16. The summed E-state index contributed by atoms with van der Waals surface area (Å²) in [5, 5.41) is 3.66. The Hall–Kier alpha value is -0.610. The van der Waals surface area contributed by atoms with Crippen LogP contribution in [-0.4, -0.2) is 25.2 Å². The summed E-state index contributed by atoms with van der Waals surface area (Å²) < 4.78 is 14.0. The molecule has 0 bridgehead atoms. The maximum absolute atomic E-state index is 13.1. The van der Waals surface area contributed by atoms with E-state index in [1.165, 1.54) is 18.9 Å². The number of nitrogens with zero attached hydrogens (tertiary/aromatic N) is 1. The molecule has 3 rings (SSSR count). The van der Waals surface area contributed by atoms with E-state index in [0.29, 0.717) is 0 Å². The van der Waals surface area contributed by atoms with Gasteiger partial charge in [0.05, 0.1) is 5.69 Å². The van der Waals surface area contributed by atoms with Crippen LogP contribution in [0.4, 0.5) is 10.1 Å². The number of benzene rings is 1. The van der Waals surface area contributed by atoms with Gasteiger partial charge in [0.1, 0.15) is 5.82 Å². The molecule has 1 aromatic carbocycles. The normalized spacial score (nSPS) is 28.5. The zero-order valence-electron chi connectivity index (χ0n) is 10.5. The van der Waals surface area contributed by atoms with E-state index in [1.54, 1.807) is 6.07 Å². The van der Waals surface area contributed by atoms with E-state index in [9.17, 15) is 4.39 Å². The zero-order valence-corrected chi connectivity index (χ0v) is 12.1. The largest absolute Gasteiger partial charge is 0.367 e. The summed E-state index contributed by atoms with van der Waals surface area (Å²) >= 11 is 3.47. The van der Waals surface area contributed by atoms with Crippen LogP contribution in [0.5, 0.6) is 0 Å². The molecular formula is C14H18BrFN2. The van der Waals surface area contributed by atoms with Crippen LogP contribution in [0.1, 0.15) is 19.8 Å². The van der Waals surface area contributed by atoms with Crippen molar-refractivity contribution in [3.8, 4) is 0 Å². The Morgan fingerprint density at radius 1 is 1.44 bits per heavy atom. The monoisotopic (exact) mass is 312 g/mol. The van der Waals surface area contributed by atoms with Crippen molar-refractivity contribution >= 4 is 21.6 Å². The van der Waals surface area contributed by atoms with Crippen LogP contribution in [0.3, 0.4) is 0 Å². The first kappa shape index (κ1) is 12.4. The molecule has 1 N–H and O–H groups in total. The van der Waals surface area contributed by atoms with Crippen LogP contribution >= 0.6 is 15.9 Å². The van der Waals surface area contributed by atoms with E-state index < -0.39 is 0 Å². The van der Waals surface area contributed by atoms with Crippen LogP contribution < -0.4 is 10.2 Å². The Morgan fingerprint density at radius 2 is 2.22 bits per heavy atom. The summed E-state index contributed by atoms with van der Waals surface area (Å²) in [6, 6.07) is 4.96. The smallest absolute Gasteiger partial charge is 0.124 e.